The maximum atomic E-state index is 13.0. The van der Waals surface area contributed by atoms with Crippen molar-refractivity contribution in [1.29, 1.82) is 0 Å². The van der Waals surface area contributed by atoms with Crippen LogP contribution in [0.3, 0.4) is 0 Å². The number of hydrogen-bond donors (Lipinski definition) is 1. The van der Waals surface area contributed by atoms with Crippen molar-refractivity contribution in [3.63, 3.8) is 0 Å². The molecule has 1 N–H and O–H groups in total. The van der Waals surface area contributed by atoms with Crippen LogP contribution in [-0.4, -0.2) is 38.8 Å². The second-order valence-corrected chi connectivity index (χ2v) is 9.30. The minimum Gasteiger partial charge on any atom is -0.496 e. The standard InChI is InChI=1S/C23H24N2O4S/c1-29-22-14-13-21(19-11-5-6-12-20(19)22)24-23(26)17-8-7-15-25(16-17)30(27,28)18-9-3-2-4-10-18/h2-6,9-14,17H,7-8,15-16H2,1H3,(H,24,26). The van der Waals surface area contributed by atoms with Gasteiger partial charge in [0.05, 0.1) is 17.9 Å². The Kier molecular flexibility index (Phi) is 5.74. The Labute approximate surface area is 176 Å². The lowest BCUT2D eigenvalue weighted by Gasteiger charge is -2.31. The Bertz CT molecular complexity index is 1160. The van der Waals surface area contributed by atoms with Gasteiger partial charge in [0.1, 0.15) is 5.75 Å². The Hall–Kier alpha value is -2.90. The van der Waals surface area contributed by atoms with E-state index in [1.165, 1.54) is 4.31 Å². The fraction of sp³-hybridized carbons (Fsp3) is 0.261. The van der Waals surface area contributed by atoms with Gasteiger partial charge in [-0.1, -0.05) is 42.5 Å². The van der Waals surface area contributed by atoms with Gasteiger partial charge in [-0.2, -0.15) is 4.31 Å². The van der Waals surface area contributed by atoms with Crippen LogP contribution in [0.5, 0.6) is 5.75 Å². The van der Waals surface area contributed by atoms with E-state index in [1.807, 2.05) is 36.4 Å². The number of carbonyl (C=O) groups excluding carboxylic acids is 1. The minimum absolute atomic E-state index is 0.168. The number of anilines is 1. The average Bonchev–Trinajstić information content (AvgIpc) is 2.80. The molecule has 1 atom stereocenters. The van der Waals surface area contributed by atoms with Crippen LogP contribution in [-0.2, 0) is 14.8 Å². The average molecular weight is 425 g/mol. The molecule has 6 nitrogen and oxygen atoms in total. The van der Waals surface area contributed by atoms with Gasteiger partial charge in [-0.3, -0.25) is 4.79 Å². The summed E-state index contributed by atoms with van der Waals surface area (Å²) >= 11 is 0. The predicted octanol–water partition coefficient (Wildman–Crippen LogP) is 3.89. The first-order chi connectivity index (χ1) is 14.5. The molecule has 7 heteroatoms. The lowest BCUT2D eigenvalue weighted by molar-refractivity contribution is -0.120. The third-order valence-corrected chi connectivity index (χ3v) is 7.38. The van der Waals surface area contributed by atoms with E-state index in [1.54, 1.807) is 37.4 Å². The summed E-state index contributed by atoms with van der Waals surface area (Å²) in [6.45, 7) is 0.601. The first-order valence-corrected chi connectivity index (χ1v) is 11.4. The van der Waals surface area contributed by atoms with Crippen LogP contribution in [0, 0.1) is 5.92 Å². The highest BCUT2D eigenvalue weighted by atomic mass is 32.2. The van der Waals surface area contributed by atoms with Gasteiger partial charge < -0.3 is 10.1 Å². The smallest absolute Gasteiger partial charge is 0.243 e. The van der Waals surface area contributed by atoms with Crippen LogP contribution in [0.15, 0.2) is 71.6 Å². The number of nitrogens with one attached hydrogen (secondary N) is 1. The summed E-state index contributed by atoms with van der Waals surface area (Å²) in [4.78, 5) is 13.3. The topological polar surface area (TPSA) is 75.7 Å². The molecule has 0 aliphatic carbocycles. The number of benzene rings is 3. The summed E-state index contributed by atoms with van der Waals surface area (Å²) in [7, 11) is -1.99. The second kappa shape index (κ2) is 8.45. The molecule has 0 aromatic heterocycles. The number of rotatable bonds is 5. The van der Waals surface area contributed by atoms with Crippen molar-refractivity contribution in [2.45, 2.75) is 17.7 Å². The van der Waals surface area contributed by atoms with Crippen molar-refractivity contribution < 1.29 is 17.9 Å². The van der Waals surface area contributed by atoms with E-state index < -0.39 is 15.9 Å². The van der Waals surface area contributed by atoms with Crippen molar-refractivity contribution in [2.24, 2.45) is 5.92 Å². The summed E-state index contributed by atoms with van der Waals surface area (Å²) in [5.41, 5.74) is 0.694. The predicted molar refractivity (Wildman–Crippen MR) is 117 cm³/mol. The molecule has 1 heterocycles. The van der Waals surface area contributed by atoms with Crippen molar-refractivity contribution >= 4 is 32.4 Å². The highest BCUT2D eigenvalue weighted by Crippen LogP contribution is 2.32. The SMILES string of the molecule is COc1ccc(NC(=O)C2CCCN(S(=O)(=O)c3ccccc3)C2)c2ccccc12. The molecule has 1 aliphatic rings. The van der Waals surface area contributed by atoms with E-state index in [9.17, 15) is 13.2 Å². The lowest BCUT2D eigenvalue weighted by Crippen LogP contribution is -2.43. The molecular formula is C23H24N2O4S. The van der Waals surface area contributed by atoms with E-state index in [2.05, 4.69) is 5.32 Å². The van der Waals surface area contributed by atoms with Crippen LogP contribution in [0.25, 0.3) is 10.8 Å². The fourth-order valence-electron chi connectivity index (χ4n) is 3.91. The first kappa shape index (κ1) is 20.4. The van der Waals surface area contributed by atoms with E-state index in [-0.39, 0.29) is 17.3 Å². The molecule has 0 spiro atoms. The summed E-state index contributed by atoms with van der Waals surface area (Å²) < 4.78 is 32.7. The molecule has 1 aliphatic heterocycles. The van der Waals surface area contributed by atoms with E-state index in [0.29, 0.717) is 25.1 Å². The number of sulfonamides is 1. The van der Waals surface area contributed by atoms with Crippen molar-refractivity contribution in [3.8, 4) is 5.75 Å². The molecule has 3 aromatic carbocycles. The van der Waals surface area contributed by atoms with Gasteiger partial charge in [-0.05, 0) is 37.1 Å². The number of ether oxygens (including phenoxy) is 1. The molecule has 156 valence electrons. The van der Waals surface area contributed by atoms with Crippen LogP contribution < -0.4 is 10.1 Å². The molecular weight excluding hydrogens is 400 g/mol. The number of nitrogens with zero attached hydrogens (tertiary/aromatic N) is 1. The molecule has 1 unspecified atom stereocenters. The quantitative estimate of drug-likeness (QED) is 0.674. The zero-order valence-corrected chi connectivity index (χ0v) is 17.6. The molecule has 4 rings (SSSR count). The Morgan fingerprint density at radius 3 is 2.43 bits per heavy atom. The Morgan fingerprint density at radius 2 is 1.70 bits per heavy atom. The largest absolute Gasteiger partial charge is 0.496 e. The number of amides is 1. The Morgan fingerprint density at radius 1 is 1.00 bits per heavy atom. The number of carbonyl (C=O) groups is 1. The van der Waals surface area contributed by atoms with Crippen LogP contribution in [0.2, 0.25) is 0 Å². The number of hydrogen-bond acceptors (Lipinski definition) is 4. The van der Waals surface area contributed by atoms with Crippen molar-refractivity contribution in [3.05, 3.63) is 66.7 Å². The van der Waals surface area contributed by atoms with E-state index in [4.69, 9.17) is 4.74 Å². The minimum atomic E-state index is -3.61. The summed E-state index contributed by atoms with van der Waals surface area (Å²) in [5, 5.41) is 4.80. The normalized spacial score (nSPS) is 17.6. The maximum absolute atomic E-state index is 13.0. The molecule has 0 radical (unpaired) electrons. The highest BCUT2D eigenvalue weighted by molar-refractivity contribution is 7.89. The third-order valence-electron chi connectivity index (χ3n) is 5.50. The summed E-state index contributed by atoms with van der Waals surface area (Å²) in [6, 6.07) is 19.7. The molecule has 0 saturated carbocycles. The number of methoxy groups -OCH3 is 1. The zero-order chi connectivity index (χ0) is 21.1. The molecule has 30 heavy (non-hydrogen) atoms. The van der Waals surface area contributed by atoms with Gasteiger partial charge in [-0.25, -0.2) is 8.42 Å². The summed E-state index contributed by atoms with van der Waals surface area (Å²) in [5.74, 6) is 0.165. The van der Waals surface area contributed by atoms with Crippen LogP contribution in [0.1, 0.15) is 12.8 Å². The molecule has 1 fully saturated rings. The molecule has 1 amide bonds. The number of piperidine rings is 1. The molecule has 1 saturated heterocycles. The maximum Gasteiger partial charge on any atom is 0.243 e. The van der Waals surface area contributed by atoms with Crippen molar-refractivity contribution in [2.75, 3.05) is 25.5 Å². The fourth-order valence-corrected chi connectivity index (χ4v) is 5.45. The van der Waals surface area contributed by atoms with Gasteiger partial charge in [0.25, 0.3) is 0 Å². The lowest BCUT2D eigenvalue weighted by atomic mass is 9.98. The third kappa shape index (κ3) is 3.91. The van der Waals surface area contributed by atoms with Crippen LogP contribution >= 0.6 is 0 Å². The van der Waals surface area contributed by atoms with Crippen LogP contribution in [0.4, 0.5) is 5.69 Å². The highest BCUT2D eigenvalue weighted by Gasteiger charge is 2.33. The zero-order valence-electron chi connectivity index (χ0n) is 16.7. The molecule has 3 aromatic rings. The Balaban J connectivity index is 1.54. The van der Waals surface area contributed by atoms with E-state index in [0.717, 1.165) is 16.5 Å². The second-order valence-electron chi connectivity index (χ2n) is 7.37. The van der Waals surface area contributed by atoms with E-state index >= 15 is 0 Å². The van der Waals surface area contributed by atoms with Gasteiger partial charge in [0.2, 0.25) is 15.9 Å². The van der Waals surface area contributed by atoms with Gasteiger partial charge in [-0.15, -0.1) is 0 Å². The first-order valence-electron chi connectivity index (χ1n) is 9.92. The summed E-state index contributed by atoms with van der Waals surface area (Å²) in [6.07, 6.45) is 1.30. The van der Waals surface area contributed by atoms with Gasteiger partial charge in [0.15, 0.2) is 0 Å². The van der Waals surface area contributed by atoms with Crippen molar-refractivity contribution in [1.82, 2.24) is 4.31 Å². The number of fused-ring (bicyclic) bond motifs is 1. The monoisotopic (exact) mass is 424 g/mol. The van der Waals surface area contributed by atoms with Gasteiger partial charge in [0, 0.05) is 29.5 Å². The van der Waals surface area contributed by atoms with Gasteiger partial charge >= 0.3 is 0 Å². The molecule has 0 bridgehead atoms.